The number of hydrogen-bond donors (Lipinski definition) is 1. The highest BCUT2D eigenvalue weighted by Gasteiger charge is 2.22. The lowest BCUT2D eigenvalue weighted by Gasteiger charge is -2.27. The van der Waals surface area contributed by atoms with Crippen molar-refractivity contribution in [3.8, 4) is 0 Å². The van der Waals surface area contributed by atoms with Gasteiger partial charge in [-0.05, 0) is 19.9 Å². The van der Waals surface area contributed by atoms with Gasteiger partial charge >= 0.3 is 5.97 Å². The van der Waals surface area contributed by atoms with Crippen LogP contribution in [0, 0.1) is 0 Å². The first-order valence-corrected chi connectivity index (χ1v) is 16.2. The fourth-order valence-corrected chi connectivity index (χ4v) is 7.64. The number of nitrogens with zero attached hydrogens (tertiary/aromatic N) is 1. The van der Waals surface area contributed by atoms with Crippen molar-refractivity contribution in [3.05, 3.63) is 12.2 Å². The molecular weight excluding hydrogens is 380 g/mol. The largest absolute Gasteiger partial charge is 0.461 e. The first-order chi connectivity index (χ1) is 12.7. The van der Waals surface area contributed by atoms with Crippen molar-refractivity contribution in [1.29, 1.82) is 0 Å². The maximum absolute atomic E-state index is 11.8. The van der Waals surface area contributed by atoms with Gasteiger partial charge in [0.25, 0.3) is 0 Å². The average Bonchev–Trinajstić information content (AvgIpc) is 2.59. The Hall–Kier alpha value is -1.01. The molecule has 0 atom stereocenters. The van der Waals surface area contributed by atoms with Crippen LogP contribution in [-0.2, 0) is 23.8 Å². The maximum Gasteiger partial charge on any atom is 0.333 e. The van der Waals surface area contributed by atoms with Crippen LogP contribution in [0.4, 0.5) is 0 Å². The third-order valence-corrected chi connectivity index (χ3v) is 13.4. The second-order valence-electron chi connectivity index (χ2n) is 7.34. The van der Waals surface area contributed by atoms with E-state index in [0.717, 1.165) is 25.4 Å². The van der Waals surface area contributed by atoms with E-state index in [4.69, 9.17) is 14.2 Å². The number of nitrogens with one attached hydrogen (secondary N) is 1. The zero-order valence-corrected chi connectivity index (χ0v) is 20.2. The van der Waals surface area contributed by atoms with E-state index in [9.17, 15) is 9.59 Å². The van der Waals surface area contributed by atoms with Gasteiger partial charge in [0.15, 0.2) is 0 Å². The lowest BCUT2D eigenvalue weighted by Crippen LogP contribution is -2.43. The second kappa shape index (κ2) is 15.0. The maximum atomic E-state index is 11.8. The normalized spacial score (nSPS) is 11.7. The average molecular weight is 419 g/mol. The molecule has 0 saturated heterocycles. The number of carbonyl (C=O) groups is 2. The van der Waals surface area contributed by atoms with E-state index >= 15 is 0 Å². The number of esters is 1. The van der Waals surface area contributed by atoms with Crippen LogP contribution < -0.4 is 5.32 Å². The van der Waals surface area contributed by atoms with Gasteiger partial charge in [-0.2, -0.15) is 0 Å². The number of amides is 1. The van der Waals surface area contributed by atoms with Crippen molar-refractivity contribution in [1.82, 2.24) is 10.2 Å². The van der Waals surface area contributed by atoms with Crippen molar-refractivity contribution in [2.75, 3.05) is 52.4 Å². The Morgan fingerprint density at radius 1 is 1.15 bits per heavy atom. The van der Waals surface area contributed by atoms with Crippen molar-refractivity contribution >= 4 is 28.5 Å². The summed E-state index contributed by atoms with van der Waals surface area (Å²) in [6.07, 6.45) is 0.951. The van der Waals surface area contributed by atoms with Gasteiger partial charge < -0.3 is 19.1 Å². The standard InChI is InChI=1S/C18H38N2O5Si2/c1-7-23-15-26-27(5,6)13-10-20(17(4)21)9-12-24-14-19-8-11-25-18(22)16(2)3/h19H,2,7-15,26H2,1,3-6H3. The van der Waals surface area contributed by atoms with Gasteiger partial charge in [0.1, 0.15) is 6.61 Å². The number of ether oxygens (including phenoxy) is 3. The molecule has 0 aromatic heterocycles. The van der Waals surface area contributed by atoms with Crippen LogP contribution >= 0.6 is 0 Å². The van der Waals surface area contributed by atoms with Gasteiger partial charge in [-0.3, -0.25) is 10.1 Å². The summed E-state index contributed by atoms with van der Waals surface area (Å²) in [7, 11) is -1.41. The molecule has 0 radical (unpaired) electrons. The van der Waals surface area contributed by atoms with Crippen molar-refractivity contribution in [3.63, 3.8) is 0 Å². The lowest BCUT2D eigenvalue weighted by molar-refractivity contribution is -0.138. The Labute approximate surface area is 167 Å². The van der Waals surface area contributed by atoms with Crippen molar-refractivity contribution in [2.45, 2.75) is 39.9 Å². The van der Waals surface area contributed by atoms with Crippen LogP contribution in [0.15, 0.2) is 12.2 Å². The van der Waals surface area contributed by atoms with Crippen LogP contribution in [0.3, 0.4) is 0 Å². The Kier molecular flexibility index (Phi) is 14.4. The number of hydrogen-bond acceptors (Lipinski definition) is 6. The molecule has 0 aliphatic carbocycles. The van der Waals surface area contributed by atoms with Crippen molar-refractivity contribution in [2.24, 2.45) is 0 Å². The molecule has 0 aromatic rings. The highest BCUT2D eigenvalue weighted by Crippen LogP contribution is 2.09. The minimum absolute atomic E-state index is 0.0922. The fourth-order valence-electron chi connectivity index (χ4n) is 2.21. The quantitative estimate of drug-likeness (QED) is 0.132. The van der Waals surface area contributed by atoms with E-state index in [2.05, 4.69) is 25.0 Å². The van der Waals surface area contributed by atoms with E-state index in [-0.39, 0.29) is 27.5 Å². The van der Waals surface area contributed by atoms with E-state index in [1.807, 2.05) is 11.8 Å². The Balaban J connectivity index is 3.88. The minimum Gasteiger partial charge on any atom is -0.461 e. The second-order valence-corrected chi connectivity index (χ2v) is 20.3. The molecule has 0 aliphatic rings. The zero-order chi connectivity index (χ0) is 20.7. The Morgan fingerprint density at radius 2 is 1.85 bits per heavy atom. The Morgan fingerprint density at radius 3 is 2.44 bits per heavy atom. The molecule has 0 rings (SSSR count). The van der Waals surface area contributed by atoms with E-state index in [0.29, 0.717) is 32.0 Å². The fraction of sp³-hybridized carbons (Fsp3) is 0.778. The van der Waals surface area contributed by atoms with Crippen LogP contribution in [0.1, 0.15) is 20.8 Å². The summed E-state index contributed by atoms with van der Waals surface area (Å²) >= 11 is 0. The summed E-state index contributed by atoms with van der Waals surface area (Å²) in [5.41, 5.74) is 0.391. The third-order valence-electron chi connectivity index (χ3n) is 4.20. The van der Waals surface area contributed by atoms with Crippen LogP contribution in [-0.4, -0.2) is 85.8 Å². The lowest BCUT2D eigenvalue weighted by atomic mass is 10.4. The summed E-state index contributed by atoms with van der Waals surface area (Å²) in [5, 5.41) is 3.03. The van der Waals surface area contributed by atoms with Crippen LogP contribution in [0.5, 0.6) is 0 Å². The smallest absolute Gasteiger partial charge is 0.333 e. The van der Waals surface area contributed by atoms with E-state index < -0.39 is 7.59 Å². The summed E-state index contributed by atoms with van der Waals surface area (Å²) in [6.45, 7) is 17.4. The number of carbonyl (C=O) groups excluding carboxylic acids is 2. The molecule has 9 heteroatoms. The van der Waals surface area contributed by atoms with Gasteiger partial charge in [-0.25, -0.2) is 4.79 Å². The van der Waals surface area contributed by atoms with E-state index in [1.165, 1.54) is 0 Å². The molecule has 7 nitrogen and oxygen atoms in total. The summed E-state index contributed by atoms with van der Waals surface area (Å²) in [5.74, 6) is -0.292. The van der Waals surface area contributed by atoms with Crippen LogP contribution in [0.2, 0.25) is 19.1 Å². The molecule has 0 aromatic carbocycles. The topological polar surface area (TPSA) is 77.1 Å². The number of rotatable bonds is 16. The molecule has 0 unspecified atom stereocenters. The van der Waals surface area contributed by atoms with Gasteiger partial charge in [0.05, 0.1) is 13.3 Å². The molecule has 1 amide bonds. The molecule has 1 N–H and O–H groups in total. The molecule has 0 saturated carbocycles. The molecule has 0 fully saturated rings. The van der Waals surface area contributed by atoms with Crippen molar-refractivity contribution < 1.29 is 23.8 Å². The highest BCUT2D eigenvalue weighted by molar-refractivity contribution is 7.23. The van der Waals surface area contributed by atoms with Gasteiger partial charge in [0.2, 0.25) is 5.91 Å². The summed E-state index contributed by atoms with van der Waals surface area (Å²) in [4.78, 5) is 24.9. The predicted octanol–water partition coefficient (Wildman–Crippen LogP) is 0.886. The SMILES string of the molecule is C=C(C)C(=O)OCCNCOCCN(CC[Si](C)(C)[SiH2]COCC)C(C)=O. The molecular formula is C18H38N2O5Si2. The monoisotopic (exact) mass is 418 g/mol. The highest BCUT2D eigenvalue weighted by atomic mass is 29.2. The van der Waals surface area contributed by atoms with Crippen LogP contribution in [0.25, 0.3) is 0 Å². The Bertz CT molecular complexity index is 461. The van der Waals surface area contributed by atoms with Gasteiger partial charge in [0, 0.05) is 61.6 Å². The predicted molar refractivity (Wildman–Crippen MR) is 114 cm³/mol. The van der Waals surface area contributed by atoms with Gasteiger partial charge in [-0.15, -0.1) is 0 Å². The molecule has 0 bridgehead atoms. The minimum atomic E-state index is -1.22. The molecule has 27 heavy (non-hydrogen) atoms. The summed E-state index contributed by atoms with van der Waals surface area (Å²) < 4.78 is 16.0. The zero-order valence-electron chi connectivity index (χ0n) is 17.8. The molecule has 0 spiro atoms. The summed E-state index contributed by atoms with van der Waals surface area (Å²) in [6, 6.07) is 1.12. The molecule has 158 valence electrons. The van der Waals surface area contributed by atoms with Gasteiger partial charge in [-0.1, -0.05) is 19.7 Å². The molecule has 0 heterocycles. The third kappa shape index (κ3) is 14.7. The first-order valence-electron chi connectivity index (χ1n) is 9.64. The van der Waals surface area contributed by atoms with E-state index in [1.54, 1.807) is 13.8 Å². The first kappa shape index (κ1) is 26.0. The molecule has 0 aliphatic heterocycles.